The fraction of sp³-hybridized carbons (Fsp3) is 0.348. The van der Waals surface area contributed by atoms with Crippen LogP contribution in [-0.2, 0) is 4.79 Å². The van der Waals surface area contributed by atoms with Crippen LogP contribution in [0, 0.1) is 5.41 Å². The number of aromatic nitrogens is 1. The van der Waals surface area contributed by atoms with Gasteiger partial charge in [0.15, 0.2) is 0 Å². The monoisotopic (exact) mass is 407 g/mol. The number of carbonyl (C=O) groups excluding carboxylic acids is 1. The van der Waals surface area contributed by atoms with Gasteiger partial charge in [0.05, 0.1) is 12.6 Å². The van der Waals surface area contributed by atoms with Gasteiger partial charge >= 0.3 is 0 Å². The van der Waals surface area contributed by atoms with Gasteiger partial charge in [-0.1, -0.05) is 12.1 Å². The van der Waals surface area contributed by atoms with Crippen LogP contribution in [0.1, 0.15) is 27.2 Å². The average Bonchev–Trinajstić information content (AvgIpc) is 2.73. The molecule has 158 valence electrons. The van der Waals surface area contributed by atoms with Crippen LogP contribution < -0.4 is 15.4 Å². The quantitative estimate of drug-likeness (QED) is 0.502. The zero-order valence-electron chi connectivity index (χ0n) is 18.0. The summed E-state index contributed by atoms with van der Waals surface area (Å²) in [5.41, 5.74) is 4.53. The van der Waals surface area contributed by atoms with Gasteiger partial charge in [0.2, 0.25) is 11.8 Å². The summed E-state index contributed by atoms with van der Waals surface area (Å²) in [6.45, 7) is 6.62. The molecule has 30 heavy (non-hydrogen) atoms. The third-order valence-corrected chi connectivity index (χ3v) is 4.98. The molecular weight excluding hydrogens is 378 g/mol. The number of hydrogen-bond acceptors (Lipinski definition) is 5. The first kappa shape index (κ1) is 21.4. The van der Waals surface area contributed by atoms with E-state index in [4.69, 9.17) is 10.1 Å². The topological polar surface area (TPSA) is 90.3 Å². The van der Waals surface area contributed by atoms with E-state index in [0.717, 1.165) is 28.1 Å². The third kappa shape index (κ3) is 4.97. The molecule has 0 radical (unpaired) electrons. The van der Waals surface area contributed by atoms with Gasteiger partial charge in [-0.2, -0.15) is 0 Å². The van der Waals surface area contributed by atoms with E-state index in [0.29, 0.717) is 31.2 Å². The highest BCUT2D eigenvalue weighted by Gasteiger charge is 2.23. The molecule has 0 bridgehead atoms. The summed E-state index contributed by atoms with van der Waals surface area (Å²) >= 11 is 0. The van der Waals surface area contributed by atoms with Gasteiger partial charge in [-0.05, 0) is 43.7 Å². The first-order valence-corrected chi connectivity index (χ1v) is 10.1. The number of pyridine rings is 1. The highest BCUT2D eigenvalue weighted by Crippen LogP contribution is 2.29. The fourth-order valence-electron chi connectivity index (χ4n) is 3.42. The van der Waals surface area contributed by atoms with Crippen LogP contribution in [-0.4, -0.2) is 47.9 Å². The molecule has 1 aromatic heterocycles. The van der Waals surface area contributed by atoms with Crippen LogP contribution in [0.25, 0.3) is 11.1 Å². The summed E-state index contributed by atoms with van der Waals surface area (Å²) in [5.74, 6) is 0.926. The number of ether oxygens (including phenoxy) is 1. The van der Waals surface area contributed by atoms with E-state index in [1.807, 2.05) is 57.3 Å². The van der Waals surface area contributed by atoms with Crippen LogP contribution in [0.2, 0.25) is 0 Å². The summed E-state index contributed by atoms with van der Waals surface area (Å²) in [5, 5.41) is 14.9. The second kappa shape index (κ2) is 9.43. The molecule has 0 saturated carbocycles. The molecule has 0 saturated heterocycles. The lowest BCUT2D eigenvalue weighted by Crippen LogP contribution is -2.40. The standard InChI is InChI=1S/C23H29N5O2/c1-15(2)30-23-19(6-5-12-26-23)17-7-9-18(10-8-17)27-22(24)20-14-28(16(3)29)13-11-21(20)25-4/h5-10,12,15,25H,11,13-14H2,1-4H3,(H2,24,27). The van der Waals surface area contributed by atoms with Crippen molar-refractivity contribution in [2.24, 2.45) is 0 Å². The minimum Gasteiger partial charge on any atom is -0.475 e. The maximum Gasteiger partial charge on any atom is 0.221 e. The van der Waals surface area contributed by atoms with Gasteiger partial charge in [-0.3, -0.25) is 10.2 Å². The van der Waals surface area contributed by atoms with Gasteiger partial charge < -0.3 is 20.3 Å². The van der Waals surface area contributed by atoms with Crippen LogP contribution in [0.4, 0.5) is 5.69 Å². The van der Waals surface area contributed by atoms with Crippen molar-refractivity contribution < 1.29 is 9.53 Å². The van der Waals surface area contributed by atoms with E-state index in [9.17, 15) is 4.79 Å². The molecule has 0 aliphatic carbocycles. The van der Waals surface area contributed by atoms with E-state index in [-0.39, 0.29) is 12.0 Å². The molecule has 3 rings (SSSR count). The smallest absolute Gasteiger partial charge is 0.221 e. The molecule has 1 aliphatic rings. The second-order valence-corrected chi connectivity index (χ2v) is 7.50. The summed E-state index contributed by atoms with van der Waals surface area (Å²) < 4.78 is 5.82. The van der Waals surface area contributed by atoms with Crippen LogP contribution in [0.5, 0.6) is 5.88 Å². The Morgan fingerprint density at radius 1 is 1.23 bits per heavy atom. The van der Waals surface area contributed by atoms with Crippen molar-refractivity contribution in [1.82, 2.24) is 15.2 Å². The van der Waals surface area contributed by atoms with Crippen molar-refractivity contribution in [2.75, 3.05) is 25.5 Å². The Kier molecular flexibility index (Phi) is 6.72. The average molecular weight is 408 g/mol. The molecule has 7 nitrogen and oxygen atoms in total. The Balaban J connectivity index is 1.77. The predicted molar refractivity (Wildman–Crippen MR) is 120 cm³/mol. The van der Waals surface area contributed by atoms with Gasteiger partial charge in [0.25, 0.3) is 0 Å². The summed E-state index contributed by atoms with van der Waals surface area (Å²) in [7, 11) is 1.85. The Bertz CT molecular complexity index is 950. The van der Waals surface area contributed by atoms with E-state index < -0.39 is 0 Å². The number of nitrogens with one attached hydrogen (secondary N) is 3. The van der Waals surface area contributed by atoms with Crippen molar-refractivity contribution in [3.63, 3.8) is 0 Å². The molecule has 1 aliphatic heterocycles. The largest absolute Gasteiger partial charge is 0.475 e. The minimum atomic E-state index is 0.0238. The molecule has 0 unspecified atom stereocenters. The predicted octanol–water partition coefficient (Wildman–Crippen LogP) is 3.65. The number of benzene rings is 1. The van der Waals surface area contributed by atoms with Gasteiger partial charge in [0.1, 0.15) is 5.84 Å². The number of nitrogens with zero attached hydrogens (tertiary/aromatic N) is 2. The van der Waals surface area contributed by atoms with Crippen LogP contribution in [0.15, 0.2) is 53.9 Å². The van der Waals surface area contributed by atoms with Crippen LogP contribution in [0.3, 0.4) is 0 Å². The van der Waals surface area contributed by atoms with Crippen molar-refractivity contribution in [1.29, 1.82) is 5.41 Å². The number of amides is 1. The summed E-state index contributed by atoms with van der Waals surface area (Å²) in [6, 6.07) is 11.7. The van der Waals surface area contributed by atoms with Crippen molar-refractivity contribution in [3.05, 3.63) is 53.9 Å². The number of carbonyl (C=O) groups is 1. The molecule has 0 spiro atoms. The summed E-state index contributed by atoms with van der Waals surface area (Å²) in [6.07, 6.45) is 2.48. The molecule has 0 atom stereocenters. The fourth-order valence-corrected chi connectivity index (χ4v) is 3.42. The van der Waals surface area contributed by atoms with E-state index in [1.54, 1.807) is 18.0 Å². The van der Waals surface area contributed by atoms with Gasteiger partial charge in [0, 0.05) is 55.7 Å². The Morgan fingerprint density at radius 3 is 2.60 bits per heavy atom. The maximum atomic E-state index is 11.8. The highest BCUT2D eigenvalue weighted by molar-refractivity contribution is 6.07. The lowest BCUT2D eigenvalue weighted by atomic mass is 10.0. The van der Waals surface area contributed by atoms with Gasteiger partial charge in [-0.25, -0.2) is 4.98 Å². The van der Waals surface area contributed by atoms with Crippen molar-refractivity contribution >= 4 is 17.4 Å². The van der Waals surface area contributed by atoms with E-state index >= 15 is 0 Å². The zero-order valence-corrected chi connectivity index (χ0v) is 18.0. The molecule has 1 amide bonds. The minimum absolute atomic E-state index is 0.0238. The van der Waals surface area contributed by atoms with Crippen molar-refractivity contribution in [2.45, 2.75) is 33.3 Å². The Labute approximate surface area is 177 Å². The molecule has 2 aromatic rings. The Hall–Kier alpha value is -3.35. The molecule has 3 N–H and O–H groups in total. The highest BCUT2D eigenvalue weighted by atomic mass is 16.5. The SMILES string of the molecule is CNC1=C(C(=N)Nc2ccc(-c3cccnc3OC(C)C)cc2)CN(C(C)=O)CC1. The lowest BCUT2D eigenvalue weighted by molar-refractivity contribution is -0.128. The lowest BCUT2D eigenvalue weighted by Gasteiger charge is -2.30. The van der Waals surface area contributed by atoms with Crippen LogP contribution >= 0.6 is 0 Å². The number of hydrogen-bond donors (Lipinski definition) is 3. The van der Waals surface area contributed by atoms with E-state index in [2.05, 4.69) is 15.6 Å². The first-order chi connectivity index (χ1) is 14.4. The Morgan fingerprint density at radius 2 is 1.97 bits per heavy atom. The molecule has 0 fully saturated rings. The molecule has 7 heteroatoms. The van der Waals surface area contributed by atoms with Gasteiger partial charge in [-0.15, -0.1) is 0 Å². The first-order valence-electron chi connectivity index (χ1n) is 10.1. The molecule has 2 heterocycles. The maximum absolute atomic E-state index is 11.8. The second-order valence-electron chi connectivity index (χ2n) is 7.50. The number of amidine groups is 1. The summed E-state index contributed by atoms with van der Waals surface area (Å²) in [4.78, 5) is 17.9. The zero-order chi connectivity index (χ0) is 21.7. The molecule has 1 aromatic carbocycles. The van der Waals surface area contributed by atoms with E-state index in [1.165, 1.54) is 0 Å². The molecular formula is C23H29N5O2. The number of anilines is 1. The normalized spacial score (nSPS) is 14.0. The third-order valence-electron chi connectivity index (χ3n) is 4.98. The van der Waals surface area contributed by atoms with Crippen molar-refractivity contribution in [3.8, 4) is 17.0 Å². The number of rotatable bonds is 6.